The summed E-state index contributed by atoms with van der Waals surface area (Å²) in [6.45, 7) is 0. The van der Waals surface area contributed by atoms with Crippen molar-refractivity contribution in [2.75, 3.05) is 14.2 Å². The molecule has 1 aliphatic carbocycles. The highest BCUT2D eigenvalue weighted by Crippen LogP contribution is 2.39. The first-order chi connectivity index (χ1) is 12.6. The van der Waals surface area contributed by atoms with E-state index in [1.54, 1.807) is 26.4 Å². The van der Waals surface area contributed by atoms with Crippen LogP contribution in [-0.4, -0.2) is 34.7 Å². The van der Waals surface area contributed by atoms with E-state index in [9.17, 15) is 9.59 Å². The highest BCUT2D eigenvalue weighted by molar-refractivity contribution is 5.94. The van der Waals surface area contributed by atoms with Crippen LogP contribution in [0.2, 0.25) is 0 Å². The van der Waals surface area contributed by atoms with Crippen LogP contribution in [0.5, 0.6) is 11.5 Å². The van der Waals surface area contributed by atoms with Gasteiger partial charge in [0.25, 0.3) is 5.91 Å². The van der Waals surface area contributed by atoms with Gasteiger partial charge in [0.2, 0.25) is 0 Å². The van der Waals surface area contributed by atoms with Gasteiger partial charge in [-0.25, -0.2) is 14.3 Å². The van der Waals surface area contributed by atoms with Gasteiger partial charge in [0, 0.05) is 6.20 Å². The predicted molar refractivity (Wildman–Crippen MR) is 93.9 cm³/mol. The van der Waals surface area contributed by atoms with E-state index in [0.717, 1.165) is 24.0 Å². The number of carbonyl (C=O) groups excluding carboxylic acids is 1. The number of hydrogen-bond donors (Lipinski definition) is 2. The minimum atomic E-state index is -0.377. The van der Waals surface area contributed by atoms with Crippen LogP contribution in [0.3, 0.4) is 0 Å². The number of rotatable bonds is 4. The van der Waals surface area contributed by atoms with Crippen LogP contribution in [0.4, 0.5) is 0 Å². The van der Waals surface area contributed by atoms with Gasteiger partial charge in [-0.2, -0.15) is 5.10 Å². The Kier molecular flexibility index (Phi) is 3.87. The monoisotopic (exact) mass is 354 g/mol. The van der Waals surface area contributed by atoms with Gasteiger partial charge in [0.1, 0.15) is 0 Å². The molecule has 4 rings (SSSR count). The van der Waals surface area contributed by atoms with Crippen LogP contribution in [0.1, 0.15) is 33.9 Å². The molecule has 8 heteroatoms. The van der Waals surface area contributed by atoms with Gasteiger partial charge >= 0.3 is 5.69 Å². The lowest BCUT2D eigenvalue weighted by Gasteiger charge is -2.16. The second-order valence-electron chi connectivity index (χ2n) is 6.15. The summed E-state index contributed by atoms with van der Waals surface area (Å²) in [7, 11) is 3.19. The van der Waals surface area contributed by atoms with E-state index in [0.29, 0.717) is 22.7 Å². The van der Waals surface area contributed by atoms with E-state index in [2.05, 4.69) is 15.5 Å². The fourth-order valence-electron chi connectivity index (χ4n) is 3.36. The first-order valence-corrected chi connectivity index (χ1v) is 8.23. The molecule has 0 bridgehead atoms. The van der Waals surface area contributed by atoms with Crippen molar-refractivity contribution >= 4 is 11.6 Å². The zero-order chi connectivity index (χ0) is 18.3. The standard InChI is InChI=1S/C18H18N4O4/c1-25-14-7-10-3-5-13(12(10)8-15(14)26-2)19-17(23)11-4-6-16-20-21-18(24)22(16)9-11/h4,6-9,13H,3,5H2,1-2H3,(H,19,23)(H,21,24)/t13-/m0/s1. The van der Waals surface area contributed by atoms with Gasteiger partial charge in [-0.1, -0.05) is 0 Å². The molecule has 8 nitrogen and oxygen atoms in total. The quantitative estimate of drug-likeness (QED) is 0.739. The van der Waals surface area contributed by atoms with Crippen molar-refractivity contribution in [2.24, 2.45) is 0 Å². The first kappa shape index (κ1) is 16.2. The number of benzene rings is 1. The van der Waals surface area contributed by atoms with Crippen LogP contribution in [0.25, 0.3) is 5.65 Å². The van der Waals surface area contributed by atoms with E-state index in [-0.39, 0.29) is 17.6 Å². The van der Waals surface area contributed by atoms with Crippen LogP contribution in [0.15, 0.2) is 35.3 Å². The number of hydrogen-bond acceptors (Lipinski definition) is 5. The Balaban J connectivity index is 1.61. The normalized spacial score (nSPS) is 15.7. The molecule has 0 spiro atoms. The minimum Gasteiger partial charge on any atom is -0.493 e. The molecule has 1 aromatic carbocycles. The molecule has 1 atom stereocenters. The van der Waals surface area contributed by atoms with Gasteiger partial charge in [-0.3, -0.25) is 4.79 Å². The Hall–Kier alpha value is -3.29. The van der Waals surface area contributed by atoms with E-state index in [1.165, 1.54) is 10.6 Å². The topological polar surface area (TPSA) is 97.7 Å². The fraction of sp³-hybridized carbons (Fsp3) is 0.278. The van der Waals surface area contributed by atoms with Crippen LogP contribution in [-0.2, 0) is 6.42 Å². The number of ether oxygens (including phenoxy) is 2. The summed E-state index contributed by atoms with van der Waals surface area (Å²) < 4.78 is 12.0. The molecular weight excluding hydrogens is 336 g/mol. The number of fused-ring (bicyclic) bond motifs is 2. The van der Waals surface area contributed by atoms with Crippen LogP contribution >= 0.6 is 0 Å². The highest BCUT2D eigenvalue weighted by Gasteiger charge is 2.26. The zero-order valence-corrected chi connectivity index (χ0v) is 14.4. The van der Waals surface area contributed by atoms with Crippen molar-refractivity contribution in [3.05, 3.63) is 57.6 Å². The number of carbonyl (C=O) groups is 1. The van der Waals surface area contributed by atoms with Crippen molar-refractivity contribution in [3.63, 3.8) is 0 Å². The van der Waals surface area contributed by atoms with E-state index < -0.39 is 0 Å². The summed E-state index contributed by atoms with van der Waals surface area (Å²) in [5.74, 6) is 1.08. The van der Waals surface area contributed by atoms with Crippen molar-refractivity contribution < 1.29 is 14.3 Å². The molecule has 26 heavy (non-hydrogen) atoms. The van der Waals surface area contributed by atoms with Crippen LogP contribution < -0.4 is 20.5 Å². The Labute approximate surface area is 148 Å². The minimum absolute atomic E-state index is 0.117. The molecule has 2 aromatic heterocycles. The lowest BCUT2D eigenvalue weighted by molar-refractivity contribution is 0.0936. The smallest absolute Gasteiger partial charge is 0.347 e. The largest absolute Gasteiger partial charge is 0.493 e. The summed E-state index contributed by atoms with van der Waals surface area (Å²) >= 11 is 0. The Morgan fingerprint density at radius 3 is 2.81 bits per heavy atom. The zero-order valence-electron chi connectivity index (χ0n) is 14.4. The van der Waals surface area contributed by atoms with Crippen molar-refractivity contribution in [1.29, 1.82) is 0 Å². The number of aryl methyl sites for hydroxylation is 1. The fourth-order valence-corrected chi connectivity index (χ4v) is 3.36. The molecule has 134 valence electrons. The van der Waals surface area contributed by atoms with Gasteiger partial charge in [-0.15, -0.1) is 0 Å². The molecular formula is C18H18N4O4. The predicted octanol–water partition coefficient (Wildman–Crippen LogP) is 1.46. The SMILES string of the molecule is COc1cc2c(cc1OC)[C@@H](NC(=O)c1ccc3n[nH]c(=O)n3c1)CC2. The third-order valence-electron chi connectivity index (χ3n) is 4.70. The van der Waals surface area contributed by atoms with Crippen LogP contribution in [0, 0.1) is 0 Å². The number of nitrogens with zero attached hydrogens (tertiary/aromatic N) is 2. The van der Waals surface area contributed by atoms with Gasteiger partial charge in [0.05, 0.1) is 25.8 Å². The summed E-state index contributed by atoms with van der Waals surface area (Å²) in [5, 5.41) is 9.24. The lowest BCUT2D eigenvalue weighted by atomic mass is 10.1. The number of amides is 1. The molecule has 0 radical (unpaired) electrons. The number of nitrogens with one attached hydrogen (secondary N) is 2. The second kappa shape index (κ2) is 6.21. The Morgan fingerprint density at radius 1 is 1.27 bits per heavy atom. The molecule has 2 N–H and O–H groups in total. The third-order valence-corrected chi connectivity index (χ3v) is 4.70. The van der Waals surface area contributed by atoms with Gasteiger partial charge < -0.3 is 14.8 Å². The third kappa shape index (κ3) is 2.59. The molecule has 0 aliphatic heterocycles. The first-order valence-electron chi connectivity index (χ1n) is 8.23. The Bertz CT molecular complexity index is 1050. The van der Waals surface area contributed by atoms with Crippen molar-refractivity contribution in [2.45, 2.75) is 18.9 Å². The van der Waals surface area contributed by atoms with Gasteiger partial charge in [-0.05, 0) is 48.2 Å². The maximum absolute atomic E-state index is 12.7. The van der Waals surface area contributed by atoms with E-state index >= 15 is 0 Å². The number of methoxy groups -OCH3 is 2. The summed E-state index contributed by atoms with van der Waals surface area (Å²) in [4.78, 5) is 24.3. The van der Waals surface area contributed by atoms with Gasteiger partial charge in [0.15, 0.2) is 17.1 Å². The molecule has 3 aromatic rings. The molecule has 0 unspecified atom stereocenters. The van der Waals surface area contributed by atoms with Crippen molar-refractivity contribution in [1.82, 2.24) is 19.9 Å². The molecule has 0 fully saturated rings. The summed E-state index contributed by atoms with van der Waals surface area (Å²) in [6.07, 6.45) is 3.13. The average Bonchev–Trinajstić information content (AvgIpc) is 3.23. The second-order valence-corrected chi connectivity index (χ2v) is 6.15. The van der Waals surface area contributed by atoms with E-state index in [1.807, 2.05) is 12.1 Å². The Morgan fingerprint density at radius 2 is 2.04 bits per heavy atom. The lowest BCUT2D eigenvalue weighted by Crippen LogP contribution is -2.27. The summed E-state index contributed by atoms with van der Waals surface area (Å²) in [5.41, 5.74) is 2.65. The number of aromatic amines is 1. The number of pyridine rings is 1. The number of aromatic nitrogens is 3. The van der Waals surface area contributed by atoms with Crippen molar-refractivity contribution in [3.8, 4) is 11.5 Å². The molecule has 1 amide bonds. The maximum Gasteiger partial charge on any atom is 0.347 e. The summed E-state index contributed by atoms with van der Waals surface area (Å²) in [6, 6.07) is 7.03. The van der Waals surface area contributed by atoms with E-state index in [4.69, 9.17) is 9.47 Å². The highest BCUT2D eigenvalue weighted by atomic mass is 16.5. The maximum atomic E-state index is 12.7. The average molecular weight is 354 g/mol. The molecule has 2 heterocycles. The molecule has 1 aliphatic rings. The molecule has 0 saturated carbocycles. The molecule has 0 saturated heterocycles. The number of H-pyrrole nitrogens is 1.